The quantitative estimate of drug-likeness (QED) is 0.798. The fourth-order valence-corrected chi connectivity index (χ4v) is 3.52. The number of aliphatic imine (C=N–C) groups is 1. The maximum atomic E-state index is 13.0. The van der Waals surface area contributed by atoms with E-state index in [0.717, 1.165) is 34.0 Å². The van der Waals surface area contributed by atoms with Crippen LogP contribution in [-0.4, -0.2) is 35.5 Å². The zero-order valence-electron chi connectivity index (χ0n) is 13.4. The van der Waals surface area contributed by atoms with Gasteiger partial charge in [-0.2, -0.15) is 0 Å². The van der Waals surface area contributed by atoms with E-state index in [9.17, 15) is 4.79 Å². The molecule has 118 valence electrons. The highest BCUT2D eigenvalue weighted by atomic mass is 16.1. The van der Waals surface area contributed by atoms with Crippen LogP contribution in [0.25, 0.3) is 17.0 Å². The highest BCUT2D eigenvalue weighted by Crippen LogP contribution is 2.35. The van der Waals surface area contributed by atoms with Crippen LogP contribution in [0.4, 0.5) is 0 Å². The van der Waals surface area contributed by atoms with Gasteiger partial charge in [-0.3, -0.25) is 9.79 Å². The van der Waals surface area contributed by atoms with Crippen molar-refractivity contribution in [2.24, 2.45) is 4.99 Å². The Morgan fingerprint density at radius 1 is 1.38 bits per heavy atom. The van der Waals surface area contributed by atoms with Crippen molar-refractivity contribution in [3.63, 3.8) is 0 Å². The zero-order valence-corrected chi connectivity index (χ0v) is 13.4. The van der Waals surface area contributed by atoms with Gasteiger partial charge >= 0.3 is 0 Å². The summed E-state index contributed by atoms with van der Waals surface area (Å²) in [6.07, 6.45) is 10.2. The lowest BCUT2D eigenvalue weighted by Crippen LogP contribution is -2.40. The lowest BCUT2D eigenvalue weighted by atomic mass is 9.81. The molecule has 1 aliphatic carbocycles. The molecule has 0 N–H and O–H groups in total. The van der Waals surface area contributed by atoms with E-state index in [1.165, 1.54) is 0 Å². The van der Waals surface area contributed by atoms with Crippen LogP contribution in [-0.2, 0) is 6.42 Å². The molecule has 2 heterocycles. The number of allylic oxidation sites excluding steroid dienone is 2. The Balaban J connectivity index is 2.01. The monoisotopic (exact) mass is 315 g/mol. The lowest BCUT2D eigenvalue weighted by Gasteiger charge is -2.35. The van der Waals surface area contributed by atoms with E-state index in [4.69, 9.17) is 0 Å². The minimum absolute atomic E-state index is 0.0180. The van der Waals surface area contributed by atoms with Crippen molar-refractivity contribution in [1.29, 1.82) is 0 Å². The second-order valence-electron chi connectivity index (χ2n) is 6.05. The molecule has 0 spiro atoms. The normalized spacial score (nSPS) is 19.4. The van der Waals surface area contributed by atoms with Crippen molar-refractivity contribution in [2.75, 3.05) is 7.05 Å². The smallest absolute Gasteiger partial charge is 0.209 e. The van der Waals surface area contributed by atoms with Crippen LogP contribution in [0.5, 0.6) is 0 Å². The molecule has 2 aromatic rings. The van der Waals surface area contributed by atoms with Crippen molar-refractivity contribution < 1.29 is 4.79 Å². The molecule has 1 unspecified atom stereocenters. The predicted octanol–water partition coefficient (Wildman–Crippen LogP) is 3.40. The van der Waals surface area contributed by atoms with Gasteiger partial charge < -0.3 is 4.90 Å². The number of likely N-dealkylation sites (N-methyl/N-ethyl adjacent to an activating group) is 1. The highest BCUT2D eigenvalue weighted by Gasteiger charge is 2.35. The van der Waals surface area contributed by atoms with Crippen LogP contribution < -0.4 is 0 Å². The number of benzene rings is 1. The molecule has 0 saturated carbocycles. The summed E-state index contributed by atoms with van der Waals surface area (Å²) in [6, 6.07) is 7.95. The maximum Gasteiger partial charge on any atom is 0.209 e. The van der Waals surface area contributed by atoms with Crippen LogP contribution in [0.15, 0.2) is 59.4 Å². The highest BCUT2D eigenvalue weighted by molar-refractivity contribution is 6.13. The number of hydrogen-bond donors (Lipinski definition) is 0. The molecule has 0 bridgehead atoms. The summed E-state index contributed by atoms with van der Waals surface area (Å²) in [4.78, 5) is 23.6. The van der Waals surface area contributed by atoms with Crippen LogP contribution in [0.1, 0.15) is 21.6 Å². The van der Waals surface area contributed by atoms with Gasteiger partial charge in [0, 0.05) is 24.2 Å². The Hall–Kier alpha value is -3.01. The van der Waals surface area contributed by atoms with E-state index in [1.54, 1.807) is 6.20 Å². The summed E-state index contributed by atoms with van der Waals surface area (Å²) >= 11 is 0. The second kappa shape index (κ2) is 5.57. The number of para-hydroxylation sites is 1. The lowest BCUT2D eigenvalue weighted by molar-refractivity contribution is 0.0998. The molecule has 4 heteroatoms. The number of Topliss-reactive ketones (excluding diaryl/α,β-unsaturated/α-hetero) is 1. The average Bonchev–Trinajstić information content (AvgIpc) is 2.60. The van der Waals surface area contributed by atoms with E-state index >= 15 is 0 Å². The summed E-state index contributed by atoms with van der Waals surface area (Å²) in [5.74, 6) is 0.0180. The molecule has 1 aromatic heterocycles. The number of hydrogen-bond acceptors (Lipinski definition) is 4. The number of nitrogens with zero attached hydrogens (tertiary/aromatic N) is 3. The van der Waals surface area contributed by atoms with Crippen LogP contribution >= 0.6 is 0 Å². The van der Waals surface area contributed by atoms with Gasteiger partial charge in [0.1, 0.15) is 5.69 Å². The summed E-state index contributed by atoms with van der Waals surface area (Å²) in [7, 11) is 2.00. The standard InChI is InChI=1S/C20H17N3O/c1-21-10-9-13-14-6-3-4-8-17(14)22-19-16(13)12-18-15(20(19)24)7-5-11-23(18)2/h3-11,18H,1,12H2,2H3/b10-9-. The third-order valence-electron chi connectivity index (χ3n) is 4.71. The first-order valence-corrected chi connectivity index (χ1v) is 7.89. The zero-order chi connectivity index (χ0) is 16.7. The van der Waals surface area contributed by atoms with Crippen molar-refractivity contribution >= 4 is 29.5 Å². The first kappa shape index (κ1) is 14.6. The number of pyridine rings is 1. The minimum Gasteiger partial charge on any atom is -0.373 e. The molecule has 24 heavy (non-hydrogen) atoms. The number of rotatable bonds is 2. The summed E-state index contributed by atoms with van der Waals surface area (Å²) in [5, 5.41) is 1.03. The molecule has 4 rings (SSSR count). The molecule has 0 amide bonds. The molecule has 1 aliphatic heterocycles. The van der Waals surface area contributed by atoms with Crippen LogP contribution in [0, 0.1) is 0 Å². The molecule has 0 radical (unpaired) electrons. The number of fused-ring (bicyclic) bond motifs is 3. The van der Waals surface area contributed by atoms with E-state index in [2.05, 4.69) is 21.6 Å². The third kappa shape index (κ3) is 2.11. The van der Waals surface area contributed by atoms with Gasteiger partial charge in [0.15, 0.2) is 0 Å². The molecule has 4 nitrogen and oxygen atoms in total. The van der Waals surface area contributed by atoms with E-state index < -0.39 is 0 Å². The number of carbonyl (C=O) groups excluding carboxylic acids is 1. The van der Waals surface area contributed by atoms with E-state index in [1.807, 2.05) is 55.7 Å². The Bertz CT molecular complexity index is 953. The molecule has 1 aromatic carbocycles. The van der Waals surface area contributed by atoms with Crippen LogP contribution in [0.2, 0.25) is 0 Å². The Kier molecular flexibility index (Phi) is 3.38. The first-order chi connectivity index (χ1) is 11.7. The largest absolute Gasteiger partial charge is 0.373 e. The summed E-state index contributed by atoms with van der Waals surface area (Å²) in [5.41, 5.74) is 4.20. The molecule has 2 aliphatic rings. The van der Waals surface area contributed by atoms with Crippen molar-refractivity contribution in [3.05, 3.63) is 71.2 Å². The SMILES string of the molecule is C=N/C=C\c1c2c(nc3ccccc13)C(=O)C1=CC=CN(C)C1C2. The molecule has 1 atom stereocenters. The average molecular weight is 315 g/mol. The fourth-order valence-electron chi connectivity index (χ4n) is 3.52. The maximum absolute atomic E-state index is 13.0. The van der Waals surface area contributed by atoms with Gasteiger partial charge in [-0.15, -0.1) is 0 Å². The third-order valence-corrected chi connectivity index (χ3v) is 4.71. The van der Waals surface area contributed by atoms with E-state index in [-0.39, 0.29) is 11.8 Å². The number of aromatic nitrogens is 1. The molecule has 0 fully saturated rings. The van der Waals surface area contributed by atoms with Gasteiger partial charge in [-0.05, 0) is 48.7 Å². The van der Waals surface area contributed by atoms with Gasteiger partial charge in [0.05, 0.1) is 11.6 Å². The van der Waals surface area contributed by atoms with Gasteiger partial charge in [0.25, 0.3) is 0 Å². The van der Waals surface area contributed by atoms with Crippen molar-refractivity contribution in [2.45, 2.75) is 12.5 Å². The molecular formula is C20H17N3O. The molecule has 0 saturated heterocycles. The van der Waals surface area contributed by atoms with Crippen molar-refractivity contribution in [1.82, 2.24) is 9.88 Å². The van der Waals surface area contributed by atoms with Crippen LogP contribution in [0.3, 0.4) is 0 Å². The second-order valence-corrected chi connectivity index (χ2v) is 6.05. The minimum atomic E-state index is 0.0180. The van der Waals surface area contributed by atoms with Crippen molar-refractivity contribution in [3.8, 4) is 0 Å². The first-order valence-electron chi connectivity index (χ1n) is 7.89. The predicted molar refractivity (Wildman–Crippen MR) is 97.1 cm³/mol. The topological polar surface area (TPSA) is 45.6 Å². The number of ketones is 1. The fraction of sp³-hybridized carbons (Fsp3) is 0.150. The Labute approximate surface area is 140 Å². The van der Waals surface area contributed by atoms with Gasteiger partial charge in [-0.25, -0.2) is 4.98 Å². The Morgan fingerprint density at radius 2 is 2.21 bits per heavy atom. The van der Waals surface area contributed by atoms with Gasteiger partial charge in [0.2, 0.25) is 5.78 Å². The summed E-state index contributed by atoms with van der Waals surface area (Å²) < 4.78 is 0. The summed E-state index contributed by atoms with van der Waals surface area (Å²) in [6.45, 7) is 3.51. The van der Waals surface area contributed by atoms with E-state index in [0.29, 0.717) is 5.69 Å². The molecular weight excluding hydrogens is 298 g/mol. The Morgan fingerprint density at radius 3 is 3.04 bits per heavy atom. The number of carbonyl (C=O) groups is 1. The van der Waals surface area contributed by atoms with Gasteiger partial charge in [-0.1, -0.05) is 24.3 Å².